The first kappa shape index (κ1) is 22.6. The maximum atomic E-state index is 13.6. The van der Waals surface area contributed by atoms with Crippen molar-refractivity contribution < 1.29 is 24.2 Å². The Hall–Kier alpha value is -4.16. The molecule has 6 nitrogen and oxygen atoms in total. The van der Waals surface area contributed by atoms with Crippen LogP contribution in [0.5, 0.6) is 11.5 Å². The van der Waals surface area contributed by atoms with Gasteiger partial charge in [0.15, 0.2) is 22.9 Å². The third-order valence-corrected chi connectivity index (χ3v) is 6.52. The fourth-order valence-corrected chi connectivity index (χ4v) is 4.70. The van der Waals surface area contributed by atoms with Crippen molar-refractivity contribution in [3.63, 3.8) is 0 Å². The molecule has 1 amide bonds. The van der Waals surface area contributed by atoms with Crippen molar-refractivity contribution in [2.75, 3.05) is 19.1 Å². The highest BCUT2D eigenvalue weighted by molar-refractivity contribution is 6.10. The molecule has 0 saturated carbocycles. The average molecular weight is 468 g/mol. The lowest BCUT2D eigenvalue weighted by Crippen LogP contribution is -2.41. The van der Waals surface area contributed by atoms with E-state index < -0.39 is 11.5 Å². The molecule has 1 heterocycles. The molecule has 0 radical (unpaired) electrons. The predicted octanol–water partition coefficient (Wildman–Crippen LogP) is 4.86. The number of nitrogens with zero attached hydrogens (tertiary/aromatic N) is 1. The molecule has 0 bridgehead atoms. The lowest BCUT2D eigenvalue weighted by Gasteiger charge is -2.23. The van der Waals surface area contributed by atoms with Gasteiger partial charge in [0, 0.05) is 11.1 Å². The minimum Gasteiger partial charge on any atom is -0.493 e. The predicted molar refractivity (Wildman–Crippen MR) is 134 cm³/mol. The Morgan fingerprint density at radius 3 is 2.34 bits per heavy atom. The second-order valence-electron chi connectivity index (χ2n) is 8.62. The Kier molecular flexibility index (Phi) is 5.75. The molecule has 0 aromatic heterocycles. The highest BCUT2D eigenvalue weighted by Gasteiger charge is 2.50. The fourth-order valence-electron chi connectivity index (χ4n) is 4.70. The number of amides is 1. The van der Waals surface area contributed by atoms with Crippen LogP contribution in [0.2, 0.25) is 0 Å². The molecule has 1 atom stereocenters. The van der Waals surface area contributed by atoms with Crippen molar-refractivity contribution in [3.8, 4) is 11.5 Å². The molecule has 35 heavy (non-hydrogen) atoms. The molecule has 176 valence electrons. The van der Waals surface area contributed by atoms with Gasteiger partial charge in [-0.15, -0.1) is 0 Å². The summed E-state index contributed by atoms with van der Waals surface area (Å²) in [6, 6.07) is 25.9. The number of ketones is 1. The number of anilines is 1. The maximum absolute atomic E-state index is 13.6. The Morgan fingerprint density at radius 2 is 1.57 bits per heavy atom. The highest BCUT2D eigenvalue weighted by Crippen LogP contribution is 2.44. The Bertz CT molecular complexity index is 1450. The summed E-state index contributed by atoms with van der Waals surface area (Å²) in [5.74, 6) is 0.0119. The number of carbonyl (C=O) groups is 2. The molecule has 1 aliphatic heterocycles. The summed E-state index contributed by atoms with van der Waals surface area (Å²) in [5, 5.41) is 13.8. The van der Waals surface area contributed by atoms with Crippen molar-refractivity contribution in [3.05, 3.63) is 102 Å². The molecule has 0 spiro atoms. The summed E-state index contributed by atoms with van der Waals surface area (Å²) in [5.41, 5.74) is 0.335. The Labute approximate surface area is 203 Å². The van der Waals surface area contributed by atoms with Gasteiger partial charge >= 0.3 is 0 Å². The zero-order valence-electron chi connectivity index (χ0n) is 19.5. The summed E-state index contributed by atoms with van der Waals surface area (Å²) in [6.07, 6.45) is -0.382. The molecule has 1 N–H and O–H groups in total. The van der Waals surface area contributed by atoms with Gasteiger partial charge in [-0.2, -0.15) is 0 Å². The van der Waals surface area contributed by atoms with E-state index in [0.717, 1.165) is 16.3 Å². The number of para-hydroxylation sites is 1. The van der Waals surface area contributed by atoms with Gasteiger partial charge in [0.1, 0.15) is 0 Å². The van der Waals surface area contributed by atoms with Gasteiger partial charge in [-0.05, 0) is 46.7 Å². The lowest BCUT2D eigenvalue weighted by molar-refractivity contribution is -0.136. The molecule has 5 rings (SSSR count). The summed E-state index contributed by atoms with van der Waals surface area (Å²) in [7, 11) is 3.00. The van der Waals surface area contributed by atoms with Gasteiger partial charge in [0.2, 0.25) is 0 Å². The van der Waals surface area contributed by atoms with Crippen molar-refractivity contribution in [1.29, 1.82) is 0 Å². The normalized spacial score (nSPS) is 16.9. The van der Waals surface area contributed by atoms with Crippen LogP contribution in [0.15, 0.2) is 84.9 Å². The average Bonchev–Trinajstić information content (AvgIpc) is 3.09. The van der Waals surface area contributed by atoms with Crippen molar-refractivity contribution in [1.82, 2.24) is 0 Å². The first-order valence-electron chi connectivity index (χ1n) is 11.3. The molecule has 1 aliphatic rings. The topological polar surface area (TPSA) is 76.1 Å². The van der Waals surface area contributed by atoms with E-state index >= 15 is 0 Å². The second kappa shape index (κ2) is 8.89. The summed E-state index contributed by atoms with van der Waals surface area (Å²) in [4.78, 5) is 28.4. The maximum Gasteiger partial charge on any atom is 0.264 e. The largest absolute Gasteiger partial charge is 0.493 e. The van der Waals surface area contributed by atoms with Crippen molar-refractivity contribution in [2.45, 2.75) is 18.6 Å². The highest BCUT2D eigenvalue weighted by atomic mass is 16.5. The number of fused-ring (bicyclic) bond motifs is 2. The first-order valence-corrected chi connectivity index (χ1v) is 11.3. The van der Waals surface area contributed by atoms with E-state index in [1.807, 2.05) is 48.5 Å². The number of methoxy groups -OCH3 is 2. The van der Waals surface area contributed by atoms with Crippen LogP contribution in [0.1, 0.15) is 27.9 Å². The number of hydrogen-bond acceptors (Lipinski definition) is 5. The summed E-state index contributed by atoms with van der Waals surface area (Å²) < 4.78 is 10.5. The minimum atomic E-state index is -1.96. The number of hydrogen-bond donors (Lipinski definition) is 1. The quantitative estimate of drug-likeness (QED) is 0.393. The summed E-state index contributed by atoms with van der Waals surface area (Å²) in [6.45, 7) is 0.285. The third kappa shape index (κ3) is 3.92. The third-order valence-electron chi connectivity index (χ3n) is 6.52. The van der Waals surface area contributed by atoms with Crippen LogP contribution in [0.25, 0.3) is 10.8 Å². The van der Waals surface area contributed by atoms with E-state index in [-0.39, 0.29) is 18.7 Å². The van der Waals surface area contributed by atoms with E-state index in [2.05, 4.69) is 0 Å². The van der Waals surface area contributed by atoms with Crippen LogP contribution >= 0.6 is 0 Å². The van der Waals surface area contributed by atoms with Gasteiger partial charge in [-0.25, -0.2) is 0 Å². The van der Waals surface area contributed by atoms with Crippen LogP contribution in [-0.2, 0) is 16.9 Å². The molecular formula is C29H25NO5. The van der Waals surface area contributed by atoms with Gasteiger partial charge in [0.05, 0.1) is 32.9 Å². The van der Waals surface area contributed by atoms with E-state index in [0.29, 0.717) is 28.3 Å². The monoisotopic (exact) mass is 467 g/mol. The second-order valence-corrected chi connectivity index (χ2v) is 8.62. The zero-order valence-corrected chi connectivity index (χ0v) is 19.5. The number of Topliss-reactive ketones (excluding diaryl/α,β-unsaturated/α-hetero) is 1. The zero-order chi connectivity index (χ0) is 24.6. The van der Waals surface area contributed by atoms with Crippen LogP contribution in [0.3, 0.4) is 0 Å². The molecule has 0 unspecified atom stereocenters. The van der Waals surface area contributed by atoms with Crippen molar-refractivity contribution >= 4 is 28.2 Å². The number of carbonyl (C=O) groups excluding carboxylic acids is 2. The number of benzene rings is 4. The number of ether oxygens (including phenoxy) is 2. The van der Waals surface area contributed by atoms with Crippen LogP contribution in [0, 0.1) is 0 Å². The Morgan fingerprint density at radius 1 is 0.857 bits per heavy atom. The number of rotatable bonds is 7. The molecule has 0 aliphatic carbocycles. The van der Waals surface area contributed by atoms with Gasteiger partial charge in [-0.3, -0.25) is 9.59 Å². The van der Waals surface area contributed by atoms with Crippen LogP contribution < -0.4 is 14.4 Å². The standard InChI is InChI=1S/C29H25NO5/c1-34-26-14-13-22(16-27(26)35-2)25(31)17-29(33)23-9-5-6-10-24(23)30(28(29)32)18-19-11-12-20-7-3-4-8-21(20)15-19/h3-16,33H,17-18H2,1-2H3/t29-/m1/s1. The fraction of sp³-hybridized carbons (Fsp3) is 0.172. The molecule has 4 aromatic rings. The van der Waals surface area contributed by atoms with Gasteiger partial charge in [0.25, 0.3) is 5.91 Å². The van der Waals surface area contributed by atoms with Gasteiger partial charge < -0.3 is 19.5 Å². The molecule has 4 aromatic carbocycles. The summed E-state index contributed by atoms with van der Waals surface area (Å²) >= 11 is 0. The smallest absolute Gasteiger partial charge is 0.264 e. The van der Waals surface area contributed by atoms with E-state index in [4.69, 9.17) is 9.47 Å². The van der Waals surface area contributed by atoms with E-state index in [1.54, 1.807) is 41.3 Å². The lowest BCUT2D eigenvalue weighted by atomic mass is 9.88. The van der Waals surface area contributed by atoms with Crippen LogP contribution in [0.4, 0.5) is 5.69 Å². The van der Waals surface area contributed by atoms with Gasteiger partial charge in [-0.1, -0.05) is 54.6 Å². The molecular weight excluding hydrogens is 442 g/mol. The minimum absolute atomic E-state index is 0.285. The molecule has 0 saturated heterocycles. The molecule has 0 fully saturated rings. The Balaban J connectivity index is 1.46. The SMILES string of the molecule is COc1ccc(C(=O)C[C@]2(O)C(=O)N(Cc3ccc4ccccc4c3)c3ccccc32)cc1OC. The van der Waals surface area contributed by atoms with Crippen molar-refractivity contribution in [2.24, 2.45) is 0 Å². The first-order chi connectivity index (χ1) is 16.9. The van der Waals surface area contributed by atoms with E-state index in [1.165, 1.54) is 14.2 Å². The number of aliphatic hydroxyl groups is 1. The van der Waals surface area contributed by atoms with E-state index in [9.17, 15) is 14.7 Å². The molecule has 6 heteroatoms. The van der Waals surface area contributed by atoms with Crippen LogP contribution in [-0.4, -0.2) is 31.0 Å².